The van der Waals surface area contributed by atoms with E-state index in [2.05, 4.69) is 17.2 Å². The van der Waals surface area contributed by atoms with Gasteiger partial charge in [0.2, 0.25) is 5.91 Å². The van der Waals surface area contributed by atoms with E-state index in [1.807, 2.05) is 0 Å². The third kappa shape index (κ3) is 3.46. The summed E-state index contributed by atoms with van der Waals surface area (Å²) in [5.41, 5.74) is 2.20. The highest BCUT2D eigenvalue weighted by Crippen LogP contribution is 2.36. The van der Waals surface area contributed by atoms with Crippen molar-refractivity contribution in [3.05, 3.63) is 0 Å². The van der Waals surface area contributed by atoms with E-state index in [1.165, 1.54) is 32.2 Å². The van der Waals surface area contributed by atoms with E-state index >= 15 is 0 Å². The second kappa shape index (κ2) is 5.15. The van der Waals surface area contributed by atoms with Crippen LogP contribution in [-0.2, 0) is 4.79 Å². The van der Waals surface area contributed by atoms with Crippen molar-refractivity contribution >= 4 is 5.91 Å². The number of nitrogens with one attached hydrogen (secondary N) is 1. The van der Waals surface area contributed by atoms with Gasteiger partial charge in [-0.2, -0.15) is 0 Å². The van der Waals surface area contributed by atoms with Gasteiger partial charge in [0.25, 0.3) is 0 Å². The second-order valence-electron chi connectivity index (χ2n) is 5.33. The summed E-state index contributed by atoms with van der Waals surface area (Å²) in [5, 5.41) is 0. The van der Waals surface area contributed by atoms with Crippen molar-refractivity contribution in [2.45, 2.75) is 57.5 Å². The second-order valence-corrected chi connectivity index (χ2v) is 5.33. The summed E-state index contributed by atoms with van der Waals surface area (Å²) in [4.78, 5) is 13.7. The van der Waals surface area contributed by atoms with Crippen LogP contribution in [-0.4, -0.2) is 29.4 Å². The molecule has 1 amide bonds. The summed E-state index contributed by atoms with van der Waals surface area (Å²) < 4.78 is 0. The molecule has 0 aromatic rings. The van der Waals surface area contributed by atoms with Gasteiger partial charge in [-0.3, -0.25) is 15.1 Å². The Balaban J connectivity index is 1.74. The number of nitrogens with two attached hydrogens (primary N) is 1. The highest BCUT2D eigenvalue weighted by molar-refractivity contribution is 5.75. The molecule has 0 aromatic heterocycles. The van der Waals surface area contributed by atoms with Crippen LogP contribution in [0.15, 0.2) is 0 Å². The molecule has 0 heterocycles. The molecule has 0 saturated heterocycles. The molecule has 4 nitrogen and oxygen atoms in total. The van der Waals surface area contributed by atoms with E-state index in [4.69, 9.17) is 5.84 Å². The summed E-state index contributed by atoms with van der Waals surface area (Å²) in [7, 11) is 0. The number of amides is 1. The maximum Gasteiger partial charge on any atom is 0.233 e. The van der Waals surface area contributed by atoms with Crippen LogP contribution in [0, 0.1) is 5.92 Å². The maximum absolute atomic E-state index is 11.1. The van der Waals surface area contributed by atoms with Crippen LogP contribution in [0.2, 0.25) is 0 Å². The summed E-state index contributed by atoms with van der Waals surface area (Å²) in [6.07, 6.45) is 6.97. The molecule has 2 fully saturated rings. The summed E-state index contributed by atoms with van der Waals surface area (Å²) >= 11 is 0. The fourth-order valence-corrected chi connectivity index (χ4v) is 2.27. The number of hydrogen-bond donors (Lipinski definition) is 2. The number of carbonyl (C=O) groups excluding carboxylic acids is 1. The number of hydrazine groups is 1. The van der Waals surface area contributed by atoms with Gasteiger partial charge in [0, 0.05) is 25.0 Å². The number of rotatable bonds is 7. The maximum atomic E-state index is 11.1. The van der Waals surface area contributed by atoms with Gasteiger partial charge < -0.3 is 0 Å². The zero-order chi connectivity index (χ0) is 11.5. The molecule has 0 spiro atoms. The van der Waals surface area contributed by atoms with Crippen LogP contribution in [0.3, 0.4) is 0 Å². The minimum Gasteiger partial charge on any atom is -0.297 e. The first-order chi connectivity index (χ1) is 7.70. The van der Waals surface area contributed by atoms with E-state index < -0.39 is 0 Å². The summed E-state index contributed by atoms with van der Waals surface area (Å²) in [6, 6.07) is 1.32. The van der Waals surface area contributed by atoms with Gasteiger partial charge in [0.05, 0.1) is 0 Å². The topological polar surface area (TPSA) is 58.4 Å². The monoisotopic (exact) mass is 225 g/mol. The van der Waals surface area contributed by atoms with Crippen LogP contribution in [0.4, 0.5) is 0 Å². The Morgan fingerprint density at radius 1 is 1.44 bits per heavy atom. The highest BCUT2D eigenvalue weighted by Gasteiger charge is 2.35. The predicted molar refractivity (Wildman–Crippen MR) is 63.5 cm³/mol. The third-order valence-electron chi connectivity index (χ3n) is 3.70. The lowest BCUT2D eigenvalue weighted by Gasteiger charge is -2.29. The fourth-order valence-electron chi connectivity index (χ4n) is 2.27. The zero-order valence-electron chi connectivity index (χ0n) is 10.1. The highest BCUT2D eigenvalue weighted by atomic mass is 16.2. The van der Waals surface area contributed by atoms with Gasteiger partial charge in [-0.05, 0) is 44.9 Å². The molecule has 0 aromatic carbocycles. The Kier molecular flexibility index (Phi) is 3.82. The Morgan fingerprint density at radius 3 is 2.62 bits per heavy atom. The van der Waals surface area contributed by atoms with Crippen LogP contribution < -0.4 is 11.3 Å². The molecule has 4 heteroatoms. The number of carbonyl (C=O) groups is 1. The minimum atomic E-state index is -0.0472. The molecule has 0 aliphatic heterocycles. The standard InChI is InChI=1S/C12H23N3O/c1-9(2-7-12(16)14-13)15(11-5-6-11)8-10-3-4-10/h9-11H,2-8,13H2,1H3,(H,14,16). The Hall–Kier alpha value is -0.610. The van der Waals surface area contributed by atoms with Gasteiger partial charge >= 0.3 is 0 Å². The molecule has 16 heavy (non-hydrogen) atoms. The van der Waals surface area contributed by atoms with Crippen molar-refractivity contribution in [2.75, 3.05) is 6.54 Å². The number of nitrogens with zero attached hydrogens (tertiary/aromatic N) is 1. The van der Waals surface area contributed by atoms with Gasteiger partial charge in [0.1, 0.15) is 0 Å². The predicted octanol–water partition coefficient (Wildman–Crippen LogP) is 1.02. The Labute approximate surface area is 97.5 Å². The van der Waals surface area contributed by atoms with Crippen molar-refractivity contribution in [1.29, 1.82) is 0 Å². The number of hydrogen-bond acceptors (Lipinski definition) is 3. The summed E-state index contributed by atoms with van der Waals surface area (Å²) in [6.45, 7) is 3.49. The molecule has 92 valence electrons. The van der Waals surface area contributed by atoms with E-state index in [9.17, 15) is 4.79 Å². The van der Waals surface area contributed by atoms with Crippen molar-refractivity contribution in [3.63, 3.8) is 0 Å². The first-order valence-corrected chi connectivity index (χ1v) is 6.46. The molecule has 2 rings (SSSR count). The quantitative estimate of drug-likeness (QED) is 0.386. The first-order valence-electron chi connectivity index (χ1n) is 6.46. The Bertz CT molecular complexity index is 249. The van der Waals surface area contributed by atoms with Crippen LogP contribution in [0.5, 0.6) is 0 Å². The molecular formula is C12H23N3O. The molecule has 2 aliphatic rings. The zero-order valence-corrected chi connectivity index (χ0v) is 10.1. The van der Waals surface area contributed by atoms with E-state index in [-0.39, 0.29) is 5.91 Å². The first kappa shape index (κ1) is 11.9. The van der Waals surface area contributed by atoms with Crippen molar-refractivity contribution < 1.29 is 4.79 Å². The fraction of sp³-hybridized carbons (Fsp3) is 0.917. The molecule has 1 unspecified atom stereocenters. The van der Waals surface area contributed by atoms with Gasteiger partial charge in [0.15, 0.2) is 0 Å². The molecule has 1 atom stereocenters. The smallest absolute Gasteiger partial charge is 0.233 e. The van der Waals surface area contributed by atoms with Gasteiger partial charge in [-0.1, -0.05) is 0 Å². The normalized spacial score (nSPS) is 22.2. The molecule has 0 radical (unpaired) electrons. The largest absolute Gasteiger partial charge is 0.297 e. The van der Waals surface area contributed by atoms with E-state index in [1.54, 1.807) is 0 Å². The molecule has 0 bridgehead atoms. The Morgan fingerprint density at radius 2 is 2.12 bits per heavy atom. The van der Waals surface area contributed by atoms with E-state index in [0.29, 0.717) is 12.5 Å². The SMILES string of the molecule is CC(CCC(=O)NN)N(CC1CC1)C1CC1. The van der Waals surface area contributed by atoms with Gasteiger partial charge in [-0.15, -0.1) is 0 Å². The van der Waals surface area contributed by atoms with Gasteiger partial charge in [-0.25, -0.2) is 5.84 Å². The molecular weight excluding hydrogens is 202 g/mol. The average molecular weight is 225 g/mol. The lowest BCUT2D eigenvalue weighted by atomic mass is 10.1. The van der Waals surface area contributed by atoms with Crippen LogP contribution in [0.1, 0.15) is 45.4 Å². The lowest BCUT2D eigenvalue weighted by molar-refractivity contribution is -0.121. The molecule has 2 aliphatic carbocycles. The van der Waals surface area contributed by atoms with Crippen LogP contribution in [0.25, 0.3) is 0 Å². The molecule has 2 saturated carbocycles. The van der Waals surface area contributed by atoms with Crippen molar-refractivity contribution in [3.8, 4) is 0 Å². The minimum absolute atomic E-state index is 0.0472. The van der Waals surface area contributed by atoms with Crippen molar-refractivity contribution in [1.82, 2.24) is 10.3 Å². The van der Waals surface area contributed by atoms with Crippen molar-refractivity contribution in [2.24, 2.45) is 11.8 Å². The average Bonchev–Trinajstić information content (AvgIpc) is 3.14. The third-order valence-corrected chi connectivity index (χ3v) is 3.70. The lowest BCUT2D eigenvalue weighted by Crippen LogP contribution is -2.38. The molecule has 3 N–H and O–H groups in total. The summed E-state index contributed by atoms with van der Waals surface area (Å²) in [5.74, 6) is 5.97. The van der Waals surface area contributed by atoms with Crippen LogP contribution >= 0.6 is 0 Å². The van der Waals surface area contributed by atoms with E-state index in [0.717, 1.165) is 18.4 Å².